The van der Waals surface area contributed by atoms with Gasteiger partial charge in [-0.2, -0.15) is 11.8 Å². The molecule has 0 aromatic heterocycles. The second-order valence-corrected chi connectivity index (χ2v) is 5.73. The molecule has 0 bridgehead atoms. The van der Waals surface area contributed by atoms with E-state index in [-0.39, 0.29) is 6.04 Å². The lowest BCUT2D eigenvalue weighted by molar-refractivity contribution is 0.482. The molecule has 0 spiro atoms. The SMILES string of the molecule is NC(c1cccc(Cl)c1Cl)C1CCSC1. The van der Waals surface area contributed by atoms with Crippen LogP contribution < -0.4 is 5.73 Å². The van der Waals surface area contributed by atoms with Crippen LogP contribution in [0.2, 0.25) is 10.0 Å². The van der Waals surface area contributed by atoms with Gasteiger partial charge in [0, 0.05) is 6.04 Å². The number of hydrogen-bond donors (Lipinski definition) is 1. The first kappa shape index (κ1) is 11.6. The van der Waals surface area contributed by atoms with Crippen LogP contribution in [0.5, 0.6) is 0 Å². The Morgan fingerprint density at radius 3 is 2.87 bits per heavy atom. The molecule has 15 heavy (non-hydrogen) atoms. The topological polar surface area (TPSA) is 26.0 Å². The Balaban J connectivity index is 2.24. The van der Waals surface area contributed by atoms with Gasteiger partial charge in [-0.25, -0.2) is 0 Å². The van der Waals surface area contributed by atoms with Crippen LogP contribution in [0, 0.1) is 5.92 Å². The summed E-state index contributed by atoms with van der Waals surface area (Å²) < 4.78 is 0. The molecule has 1 saturated heterocycles. The molecule has 0 amide bonds. The summed E-state index contributed by atoms with van der Waals surface area (Å²) in [6, 6.07) is 5.70. The summed E-state index contributed by atoms with van der Waals surface area (Å²) in [5.74, 6) is 2.87. The van der Waals surface area contributed by atoms with Gasteiger partial charge in [-0.3, -0.25) is 0 Å². The number of halogens is 2. The molecule has 1 fully saturated rings. The van der Waals surface area contributed by atoms with E-state index in [1.807, 2.05) is 23.9 Å². The fourth-order valence-corrected chi connectivity index (χ4v) is 3.61. The van der Waals surface area contributed by atoms with E-state index in [0.717, 1.165) is 11.3 Å². The van der Waals surface area contributed by atoms with Gasteiger partial charge in [0.1, 0.15) is 0 Å². The van der Waals surface area contributed by atoms with Gasteiger partial charge >= 0.3 is 0 Å². The van der Waals surface area contributed by atoms with Gasteiger partial charge in [-0.1, -0.05) is 35.3 Å². The Morgan fingerprint density at radius 1 is 1.40 bits per heavy atom. The Hall–Kier alpha value is 0.110. The number of rotatable bonds is 2. The molecule has 2 atom stereocenters. The predicted octanol–water partition coefficient (Wildman–Crippen LogP) is 3.75. The van der Waals surface area contributed by atoms with Crippen LogP contribution in [-0.4, -0.2) is 11.5 Å². The molecule has 1 aliphatic rings. The second-order valence-electron chi connectivity index (χ2n) is 3.79. The summed E-state index contributed by atoms with van der Waals surface area (Å²) >= 11 is 14.1. The Labute approximate surface area is 104 Å². The third-order valence-corrected chi connectivity index (χ3v) is 4.84. The second kappa shape index (κ2) is 4.96. The third-order valence-electron chi connectivity index (χ3n) is 2.81. The van der Waals surface area contributed by atoms with Crippen molar-refractivity contribution in [2.45, 2.75) is 12.5 Å². The Kier molecular flexibility index (Phi) is 3.83. The molecule has 1 aromatic rings. The van der Waals surface area contributed by atoms with Crippen molar-refractivity contribution in [3.63, 3.8) is 0 Å². The molecule has 1 aliphatic heterocycles. The highest BCUT2D eigenvalue weighted by Crippen LogP contribution is 2.37. The summed E-state index contributed by atoms with van der Waals surface area (Å²) in [7, 11) is 0. The number of thioether (sulfide) groups is 1. The van der Waals surface area contributed by atoms with Crippen molar-refractivity contribution in [2.75, 3.05) is 11.5 Å². The van der Waals surface area contributed by atoms with E-state index in [2.05, 4.69) is 0 Å². The standard InChI is InChI=1S/C11H13Cl2NS/c12-9-3-1-2-8(10(9)13)11(14)7-4-5-15-6-7/h1-3,7,11H,4-6,14H2. The zero-order valence-electron chi connectivity index (χ0n) is 8.25. The molecule has 1 aromatic carbocycles. The van der Waals surface area contributed by atoms with E-state index in [0.29, 0.717) is 16.0 Å². The quantitative estimate of drug-likeness (QED) is 0.878. The van der Waals surface area contributed by atoms with Crippen molar-refractivity contribution in [1.82, 2.24) is 0 Å². The lowest BCUT2D eigenvalue weighted by atomic mass is 9.93. The fraction of sp³-hybridized carbons (Fsp3) is 0.455. The molecule has 2 rings (SSSR count). The maximum atomic E-state index is 6.21. The highest BCUT2D eigenvalue weighted by molar-refractivity contribution is 7.99. The van der Waals surface area contributed by atoms with E-state index in [4.69, 9.17) is 28.9 Å². The van der Waals surface area contributed by atoms with Crippen LogP contribution in [0.15, 0.2) is 18.2 Å². The van der Waals surface area contributed by atoms with Gasteiger partial charge in [0.2, 0.25) is 0 Å². The zero-order valence-corrected chi connectivity index (χ0v) is 10.6. The van der Waals surface area contributed by atoms with E-state index >= 15 is 0 Å². The van der Waals surface area contributed by atoms with Gasteiger partial charge in [-0.15, -0.1) is 0 Å². The van der Waals surface area contributed by atoms with Gasteiger partial charge < -0.3 is 5.73 Å². The van der Waals surface area contributed by atoms with Gasteiger partial charge in [0.25, 0.3) is 0 Å². The molecule has 0 saturated carbocycles. The van der Waals surface area contributed by atoms with Crippen LogP contribution >= 0.6 is 35.0 Å². The highest BCUT2D eigenvalue weighted by atomic mass is 35.5. The van der Waals surface area contributed by atoms with E-state index in [9.17, 15) is 0 Å². The first-order valence-corrected chi connectivity index (χ1v) is 6.88. The van der Waals surface area contributed by atoms with Crippen LogP contribution in [-0.2, 0) is 0 Å². The molecule has 1 nitrogen and oxygen atoms in total. The molecule has 1 heterocycles. The minimum Gasteiger partial charge on any atom is -0.324 e. The maximum Gasteiger partial charge on any atom is 0.0640 e. The fourth-order valence-electron chi connectivity index (χ4n) is 1.87. The molecule has 0 aliphatic carbocycles. The van der Waals surface area contributed by atoms with E-state index < -0.39 is 0 Å². The molecular weight excluding hydrogens is 249 g/mol. The summed E-state index contributed by atoms with van der Waals surface area (Å²) in [6.45, 7) is 0. The van der Waals surface area contributed by atoms with Crippen LogP contribution in [0.4, 0.5) is 0 Å². The van der Waals surface area contributed by atoms with Crippen LogP contribution in [0.1, 0.15) is 18.0 Å². The van der Waals surface area contributed by atoms with Crippen LogP contribution in [0.25, 0.3) is 0 Å². The summed E-state index contributed by atoms with van der Waals surface area (Å²) in [5, 5.41) is 1.21. The minimum atomic E-state index is 0.0196. The number of benzene rings is 1. The highest BCUT2D eigenvalue weighted by Gasteiger charge is 2.25. The Morgan fingerprint density at radius 2 is 2.20 bits per heavy atom. The minimum absolute atomic E-state index is 0.0196. The summed E-state index contributed by atoms with van der Waals surface area (Å²) in [5.41, 5.74) is 7.20. The molecule has 4 heteroatoms. The lowest BCUT2D eigenvalue weighted by Gasteiger charge is -2.20. The first-order valence-electron chi connectivity index (χ1n) is 4.97. The van der Waals surface area contributed by atoms with Gasteiger partial charge in [0.05, 0.1) is 10.0 Å². The van der Waals surface area contributed by atoms with Crippen molar-refractivity contribution in [2.24, 2.45) is 11.7 Å². The average molecular weight is 262 g/mol. The molecule has 2 unspecified atom stereocenters. The maximum absolute atomic E-state index is 6.21. The van der Waals surface area contributed by atoms with E-state index in [1.165, 1.54) is 12.2 Å². The lowest BCUT2D eigenvalue weighted by Crippen LogP contribution is -2.21. The zero-order chi connectivity index (χ0) is 10.8. The van der Waals surface area contributed by atoms with Crippen LogP contribution in [0.3, 0.4) is 0 Å². The average Bonchev–Trinajstić information content (AvgIpc) is 2.74. The van der Waals surface area contributed by atoms with Gasteiger partial charge in [-0.05, 0) is 35.5 Å². The normalized spacial score (nSPS) is 23.0. The smallest absolute Gasteiger partial charge is 0.0640 e. The van der Waals surface area contributed by atoms with Crippen molar-refractivity contribution in [1.29, 1.82) is 0 Å². The van der Waals surface area contributed by atoms with Crippen molar-refractivity contribution >= 4 is 35.0 Å². The molecule has 0 radical (unpaired) electrons. The monoisotopic (exact) mass is 261 g/mol. The molecule has 82 valence electrons. The largest absolute Gasteiger partial charge is 0.324 e. The van der Waals surface area contributed by atoms with Crippen molar-refractivity contribution in [3.8, 4) is 0 Å². The number of hydrogen-bond acceptors (Lipinski definition) is 2. The molecule has 2 N–H and O–H groups in total. The van der Waals surface area contributed by atoms with E-state index in [1.54, 1.807) is 6.07 Å². The molecular formula is C11H13Cl2NS. The summed E-state index contributed by atoms with van der Waals surface area (Å²) in [6.07, 6.45) is 1.18. The van der Waals surface area contributed by atoms with Gasteiger partial charge in [0.15, 0.2) is 0 Å². The third kappa shape index (κ3) is 2.44. The predicted molar refractivity (Wildman–Crippen MR) is 68.8 cm³/mol. The number of nitrogens with two attached hydrogens (primary N) is 1. The Bertz CT molecular complexity index is 350. The van der Waals surface area contributed by atoms with Crippen molar-refractivity contribution in [3.05, 3.63) is 33.8 Å². The first-order chi connectivity index (χ1) is 7.20. The summed E-state index contributed by atoms with van der Waals surface area (Å²) in [4.78, 5) is 0. The van der Waals surface area contributed by atoms with Crippen molar-refractivity contribution < 1.29 is 0 Å².